The van der Waals surface area contributed by atoms with Crippen molar-refractivity contribution in [2.75, 3.05) is 7.11 Å². The van der Waals surface area contributed by atoms with Crippen molar-refractivity contribution in [3.8, 4) is 0 Å². The van der Waals surface area contributed by atoms with Crippen LogP contribution in [0.15, 0.2) is 30.3 Å². The van der Waals surface area contributed by atoms with Gasteiger partial charge in [0, 0.05) is 0 Å². The number of hydrogen-bond acceptors (Lipinski definition) is 4. The molecule has 1 atom stereocenters. The van der Waals surface area contributed by atoms with Gasteiger partial charge in [-0.15, -0.1) is 0 Å². The first-order valence-electron chi connectivity index (χ1n) is 6.07. The summed E-state index contributed by atoms with van der Waals surface area (Å²) in [5, 5.41) is 2.59. The summed E-state index contributed by atoms with van der Waals surface area (Å²) in [6, 6.07) is 8.77. The predicted molar refractivity (Wildman–Crippen MR) is 72.4 cm³/mol. The summed E-state index contributed by atoms with van der Waals surface area (Å²) in [5.74, 6) is -0.882. The van der Waals surface area contributed by atoms with Crippen LogP contribution in [-0.4, -0.2) is 30.6 Å². The van der Waals surface area contributed by atoms with E-state index in [0.29, 0.717) is 6.42 Å². The highest BCUT2D eigenvalue weighted by Gasteiger charge is 2.32. The minimum atomic E-state index is -1.08. The third kappa shape index (κ3) is 4.37. The van der Waals surface area contributed by atoms with Crippen molar-refractivity contribution in [2.24, 2.45) is 5.73 Å². The summed E-state index contributed by atoms with van der Waals surface area (Å²) >= 11 is 0. The van der Waals surface area contributed by atoms with Crippen molar-refractivity contribution in [2.45, 2.75) is 31.8 Å². The van der Waals surface area contributed by atoms with E-state index in [9.17, 15) is 9.59 Å². The lowest BCUT2D eigenvalue weighted by Gasteiger charge is -2.25. The van der Waals surface area contributed by atoms with Crippen molar-refractivity contribution < 1.29 is 14.3 Å². The average Bonchev–Trinajstić information content (AvgIpc) is 2.38. The molecule has 3 N–H and O–H groups in total. The number of nitrogens with one attached hydrogen (secondary N) is 1. The molecule has 1 amide bonds. The van der Waals surface area contributed by atoms with Crippen LogP contribution in [0.1, 0.15) is 19.4 Å². The van der Waals surface area contributed by atoms with Crippen LogP contribution >= 0.6 is 0 Å². The maximum absolute atomic E-state index is 11.9. The van der Waals surface area contributed by atoms with Gasteiger partial charge >= 0.3 is 5.97 Å². The summed E-state index contributed by atoms with van der Waals surface area (Å²) < 4.78 is 4.62. The lowest BCUT2D eigenvalue weighted by atomic mass is 10.0. The van der Waals surface area contributed by atoms with Gasteiger partial charge in [0.2, 0.25) is 5.91 Å². The number of rotatable bonds is 5. The van der Waals surface area contributed by atoms with Gasteiger partial charge in [-0.3, -0.25) is 4.79 Å². The molecule has 5 nitrogen and oxygen atoms in total. The summed E-state index contributed by atoms with van der Waals surface area (Å²) in [6.07, 6.45) is 0.421. The van der Waals surface area contributed by atoms with Crippen LogP contribution < -0.4 is 11.1 Å². The van der Waals surface area contributed by atoms with Crippen LogP contribution in [-0.2, 0) is 20.7 Å². The molecule has 0 spiro atoms. The fourth-order valence-electron chi connectivity index (χ4n) is 1.67. The van der Waals surface area contributed by atoms with Crippen molar-refractivity contribution in [1.82, 2.24) is 5.32 Å². The Morgan fingerprint density at radius 2 is 1.89 bits per heavy atom. The maximum Gasteiger partial charge on any atom is 0.330 e. The van der Waals surface area contributed by atoms with Crippen molar-refractivity contribution in [1.29, 1.82) is 0 Å². The van der Waals surface area contributed by atoms with E-state index in [4.69, 9.17) is 5.73 Å². The van der Waals surface area contributed by atoms with Crippen molar-refractivity contribution >= 4 is 11.9 Å². The fraction of sp³-hybridized carbons (Fsp3) is 0.429. The first kappa shape index (κ1) is 15.2. The molecule has 0 aliphatic rings. The molecule has 0 saturated heterocycles. The first-order valence-corrected chi connectivity index (χ1v) is 6.07. The zero-order valence-electron chi connectivity index (χ0n) is 11.5. The number of ether oxygens (including phenoxy) is 1. The van der Waals surface area contributed by atoms with E-state index in [-0.39, 0.29) is 5.91 Å². The van der Waals surface area contributed by atoms with Gasteiger partial charge in [0.05, 0.1) is 13.2 Å². The summed E-state index contributed by atoms with van der Waals surface area (Å²) in [6.45, 7) is 3.15. The van der Waals surface area contributed by atoms with Crippen molar-refractivity contribution in [3.63, 3.8) is 0 Å². The van der Waals surface area contributed by atoms with Crippen LogP contribution in [0, 0.1) is 0 Å². The quantitative estimate of drug-likeness (QED) is 0.764. The molecule has 5 heteroatoms. The lowest BCUT2D eigenvalue weighted by molar-refractivity contribution is -0.149. The third-order valence-corrected chi connectivity index (χ3v) is 2.77. The molecule has 0 aliphatic carbocycles. The Morgan fingerprint density at radius 1 is 1.32 bits per heavy atom. The number of carbonyl (C=O) groups is 2. The number of nitrogens with two attached hydrogens (primary N) is 1. The molecule has 19 heavy (non-hydrogen) atoms. The second-order valence-corrected chi connectivity index (χ2v) is 4.90. The summed E-state index contributed by atoms with van der Waals surface area (Å²) in [4.78, 5) is 23.4. The molecule has 0 heterocycles. The molecule has 0 aliphatic heterocycles. The summed E-state index contributed by atoms with van der Waals surface area (Å²) in [7, 11) is 1.28. The number of hydrogen-bond donors (Lipinski definition) is 2. The number of carbonyl (C=O) groups excluding carboxylic acids is 2. The highest BCUT2D eigenvalue weighted by molar-refractivity contribution is 5.89. The van der Waals surface area contributed by atoms with E-state index in [2.05, 4.69) is 10.1 Å². The maximum atomic E-state index is 11.9. The van der Waals surface area contributed by atoms with Gasteiger partial charge < -0.3 is 15.8 Å². The minimum absolute atomic E-state index is 0.376. The Labute approximate surface area is 113 Å². The van der Waals surface area contributed by atoms with Crippen LogP contribution in [0.5, 0.6) is 0 Å². The van der Waals surface area contributed by atoms with Gasteiger partial charge in [-0.1, -0.05) is 30.3 Å². The van der Waals surface area contributed by atoms with Gasteiger partial charge in [-0.25, -0.2) is 4.79 Å². The number of esters is 1. The molecule has 1 aromatic rings. The Bertz CT molecular complexity index is 443. The zero-order valence-corrected chi connectivity index (χ0v) is 11.5. The Kier molecular flexibility index (Phi) is 5.06. The fourth-order valence-corrected chi connectivity index (χ4v) is 1.67. The molecular formula is C14H20N2O3. The monoisotopic (exact) mass is 264 g/mol. The van der Waals surface area contributed by atoms with Gasteiger partial charge in [0.15, 0.2) is 0 Å². The Balaban J connectivity index is 2.61. The smallest absolute Gasteiger partial charge is 0.330 e. The molecule has 1 aromatic carbocycles. The minimum Gasteiger partial charge on any atom is -0.467 e. The molecule has 0 unspecified atom stereocenters. The Morgan fingerprint density at radius 3 is 2.42 bits per heavy atom. The molecular weight excluding hydrogens is 244 g/mol. The van der Waals surface area contributed by atoms with Crippen LogP contribution in [0.25, 0.3) is 0 Å². The average molecular weight is 264 g/mol. The van der Waals surface area contributed by atoms with E-state index < -0.39 is 17.6 Å². The molecule has 1 rings (SSSR count). The van der Waals surface area contributed by atoms with E-state index in [1.165, 1.54) is 7.11 Å². The van der Waals surface area contributed by atoms with Crippen LogP contribution in [0.3, 0.4) is 0 Å². The molecule has 0 fully saturated rings. The second kappa shape index (κ2) is 6.33. The third-order valence-electron chi connectivity index (χ3n) is 2.77. The van der Waals surface area contributed by atoms with Gasteiger partial charge in [-0.2, -0.15) is 0 Å². The van der Waals surface area contributed by atoms with Crippen LogP contribution in [0.2, 0.25) is 0 Å². The number of amides is 1. The van der Waals surface area contributed by atoms with Crippen molar-refractivity contribution in [3.05, 3.63) is 35.9 Å². The lowest BCUT2D eigenvalue weighted by Crippen LogP contribution is -2.55. The topological polar surface area (TPSA) is 81.4 Å². The predicted octanol–water partition coefficient (Wildman–Crippen LogP) is 0.624. The van der Waals surface area contributed by atoms with Gasteiger partial charge in [-0.05, 0) is 25.8 Å². The molecule has 0 radical (unpaired) electrons. The van der Waals surface area contributed by atoms with E-state index >= 15 is 0 Å². The molecule has 0 saturated carbocycles. The highest BCUT2D eigenvalue weighted by Crippen LogP contribution is 2.07. The number of methoxy groups -OCH3 is 1. The SMILES string of the molecule is COC(=O)C(C)(C)NC(=O)[C@@H](N)Cc1ccccc1. The first-order chi connectivity index (χ1) is 8.86. The largest absolute Gasteiger partial charge is 0.467 e. The van der Waals surface area contributed by atoms with E-state index in [1.54, 1.807) is 13.8 Å². The normalized spacial score (nSPS) is 12.6. The Hall–Kier alpha value is -1.88. The highest BCUT2D eigenvalue weighted by atomic mass is 16.5. The second-order valence-electron chi connectivity index (χ2n) is 4.90. The molecule has 0 aromatic heterocycles. The van der Waals surface area contributed by atoms with Gasteiger partial charge in [0.1, 0.15) is 5.54 Å². The standard InChI is InChI=1S/C14H20N2O3/c1-14(2,13(18)19-3)16-12(17)11(15)9-10-7-5-4-6-8-10/h4-8,11H,9,15H2,1-3H3,(H,16,17)/t11-/m0/s1. The molecule has 104 valence electrons. The summed E-state index contributed by atoms with van der Waals surface area (Å²) in [5.41, 5.74) is 5.72. The number of benzene rings is 1. The van der Waals surface area contributed by atoms with E-state index in [1.807, 2.05) is 30.3 Å². The van der Waals surface area contributed by atoms with E-state index in [0.717, 1.165) is 5.56 Å². The van der Waals surface area contributed by atoms with Crippen LogP contribution in [0.4, 0.5) is 0 Å². The molecule has 0 bridgehead atoms. The zero-order chi connectivity index (χ0) is 14.5. The van der Waals surface area contributed by atoms with Gasteiger partial charge in [0.25, 0.3) is 0 Å².